The highest BCUT2D eigenvalue weighted by atomic mass is 16.3. The normalized spacial score (nSPS) is 21.8. The fourth-order valence-electron chi connectivity index (χ4n) is 3.40. The van der Waals surface area contributed by atoms with Crippen molar-refractivity contribution in [3.05, 3.63) is 35.4 Å². The van der Waals surface area contributed by atoms with Crippen LogP contribution >= 0.6 is 0 Å². The Morgan fingerprint density at radius 1 is 1.36 bits per heavy atom. The lowest BCUT2D eigenvalue weighted by molar-refractivity contribution is 0.155. The van der Waals surface area contributed by atoms with E-state index in [9.17, 15) is 9.90 Å². The van der Waals surface area contributed by atoms with Crippen molar-refractivity contribution >= 4 is 6.03 Å². The van der Waals surface area contributed by atoms with Crippen LogP contribution in [0.3, 0.4) is 0 Å². The van der Waals surface area contributed by atoms with E-state index in [1.807, 2.05) is 6.92 Å². The molecule has 0 aromatic heterocycles. The predicted molar refractivity (Wildman–Crippen MR) is 86.8 cm³/mol. The van der Waals surface area contributed by atoms with Gasteiger partial charge in [-0.25, -0.2) is 4.79 Å². The Bertz CT molecular complexity index is 564. The number of carbonyl (C=O) groups is 1. The Labute approximate surface area is 132 Å². The molecule has 4 heteroatoms. The summed E-state index contributed by atoms with van der Waals surface area (Å²) in [5, 5.41) is 15.6. The van der Waals surface area contributed by atoms with Crippen molar-refractivity contribution < 1.29 is 9.90 Å². The lowest BCUT2D eigenvalue weighted by atomic mass is 9.92. The van der Waals surface area contributed by atoms with Gasteiger partial charge in [0.25, 0.3) is 0 Å². The molecule has 3 rings (SSSR count). The van der Waals surface area contributed by atoms with Crippen molar-refractivity contribution in [2.75, 3.05) is 13.2 Å². The van der Waals surface area contributed by atoms with E-state index in [-0.39, 0.29) is 18.1 Å². The highest BCUT2D eigenvalue weighted by Gasteiger charge is 2.46. The Morgan fingerprint density at radius 2 is 2.05 bits per heavy atom. The van der Waals surface area contributed by atoms with E-state index in [2.05, 4.69) is 41.8 Å². The molecule has 1 atom stereocenters. The maximum Gasteiger partial charge on any atom is 0.315 e. The molecule has 2 aliphatic rings. The highest BCUT2D eigenvalue weighted by molar-refractivity contribution is 5.75. The number of rotatable bonds is 6. The summed E-state index contributed by atoms with van der Waals surface area (Å²) in [5.74, 6) is 0.412. The minimum atomic E-state index is -0.483. The summed E-state index contributed by atoms with van der Waals surface area (Å²) in [4.78, 5) is 12.2. The molecule has 0 bridgehead atoms. The van der Waals surface area contributed by atoms with Gasteiger partial charge in [0.05, 0.1) is 12.1 Å². The van der Waals surface area contributed by atoms with E-state index >= 15 is 0 Å². The standard InChI is InChI=1S/C18H26N2O2/c1-13-5-3-4-6-15(13)18(9-10-18)11-19-16(22)20-17(2,12-21)14-7-8-14/h3-6,14,21H,7-12H2,1-2H3,(H2,19,20,22). The van der Waals surface area contributed by atoms with Gasteiger partial charge >= 0.3 is 6.03 Å². The summed E-state index contributed by atoms with van der Waals surface area (Å²) in [6.45, 7) is 4.72. The molecule has 22 heavy (non-hydrogen) atoms. The first-order valence-corrected chi connectivity index (χ1v) is 8.22. The molecule has 2 fully saturated rings. The summed E-state index contributed by atoms with van der Waals surface area (Å²) < 4.78 is 0. The van der Waals surface area contributed by atoms with E-state index in [0.717, 1.165) is 25.7 Å². The second-order valence-electron chi connectivity index (χ2n) is 7.25. The van der Waals surface area contributed by atoms with Crippen molar-refractivity contribution in [1.82, 2.24) is 10.6 Å². The van der Waals surface area contributed by atoms with Gasteiger partial charge in [0.15, 0.2) is 0 Å². The van der Waals surface area contributed by atoms with Crippen molar-refractivity contribution in [2.45, 2.75) is 50.5 Å². The molecule has 2 aliphatic carbocycles. The number of aliphatic hydroxyl groups is 1. The van der Waals surface area contributed by atoms with Gasteiger partial charge in [0.1, 0.15) is 0 Å². The number of hydrogen-bond donors (Lipinski definition) is 3. The number of benzene rings is 1. The molecule has 1 unspecified atom stereocenters. The van der Waals surface area contributed by atoms with E-state index in [0.29, 0.717) is 12.5 Å². The molecule has 2 amide bonds. The van der Waals surface area contributed by atoms with Crippen LogP contribution in [0, 0.1) is 12.8 Å². The van der Waals surface area contributed by atoms with Crippen molar-refractivity contribution in [3.63, 3.8) is 0 Å². The lowest BCUT2D eigenvalue weighted by Gasteiger charge is -2.29. The quantitative estimate of drug-likeness (QED) is 0.756. The van der Waals surface area contributed by atoms with Gasteiger partial charge in [-0.1, -0.05) is 24.3 Å². The first-order valence-electron chi connectivity index (χ1n) is 8.22. The molecule has 0 radical (unpaired) electrons. The van der Waals surface area contributed by atoms with E-state index in [1.165, 1.54) is 11.1 Å². The summed E-state index contributed by atoms with van der Waals surface area (Å²) in [7, 11) is 0. The third-order valence-electron chi connectivity index (χ3n) is 5.36. The summed E-state index contributed by atoms with van der Waals surface area (Å²) in [6.07, 6.45) is 4.42. The second kappa shape index (κ2) is 5.58. The van der Waals surface area contributed by atoms with Crippen LogP contribution in [-0.2, 0) is 5.41 Å². The monoisotopic (exact) mass is 302 g/mol. The summed E-state index contributed by atoms with van der Waals surface area (Å²) in [6, 6.07) is 8.26. The van der Waals surface area contributed by atoms with Gasteiger partial charge in [0.2, 0.25) is 0 Å². The third-order valence-corrected chi connectivity index (χ3v) is 5.36. The lowest BCUT2D eigenvalue weighted by Crippen LogP contribution is -2.54. The van der Waals surface area contributed by atoms with Gasteiger partial charge < -0.3 is 15.7 Å². The number of amides is 2. The van der Waals surface area contributed by atoms with E-state index < -0.39 is 5.54 Å². The van der Waals surface area contributed by atoms with Gasteiger partial charge in [-0.15, -0.1) is 0 Å². The van der Waals surface area contributed by atoms with Gasteiger partial charge in [-0.3, -0.25) is 0 Å². The molecule has 0 saturated heterocycles. The average molecular weight is 302 g/mol. The summed E-state index contributed by atoms with van der Waals surface area (Å²) in [5.41, 5.74) is 2.27. The average Bonchev–Trinajstić information content (AvgIpc) is 3.39. The molecule has 1 aromatic rings. The van der Waals surface area contributed by atoms with Crippen molar-refractivity contribution in [3.8, 4) is 0 Å². The Kier molecular flexibility index (Phi) is 3.89. The number of urea groups is 1. The number of hydrogen-bond acceptors (Lipinski definition) is 2. The van der Waals surface area contributed by atoms with Crippen LogP contribution in [0.4, 0.5) is 4.79 Å². The SMILES string of the molecule is Cc1ccccc1C1(CNC(=O)NC(C)(CO)C2CC2)CC1. The zero-order valence-electron chi connectivity index (χ0n) is 13.5. The van der Waals surface area contributed by atoms with Gasteiger partial charge in [0, 0.05) is 12.0 Å². The molecule has 2 saturated carbocycles. The topological polar surface area (TPSA) is 61.4 Å². The zero-order valence-corrected chi connectivity index (χ0v) is 13.5. The molecule has 3 N–H and O–H groups in total. The van der Waals surface area contributed by atoms with Crippen LogP contribution < -0.4 is 10.6 Å². The molecule has 0 heterocycles. The van der Waals surface area contributed by atoms with E-state index in [4.69, 9.17) is 0 Å². The number of carbonyl (C=O) groups excluding carboxylic acids is 1. The maximum atomic E-state index is 12.2. The minimum absolute atomic E-state index is 0.00593. The first kappa shape index (κ1) is 15.3. The minimum Gasteiger partial charge on any atom is -0.394 e. The highest BCUT2D eigenvalue weighted by Crippen LogP contribution is 2.48. The van der Waals surface area contributed by atoms with Crippen molar-refractivity contribution in [2.24, 2.45) is 5.92 Å². The Hall–Kier alpha value is -1.55. The summed E-state index contributed by atoms with van der Waals surface area (Å²) >= 11 is 0. The Morgan fingerprint density at radius 3 is 2.59 bits per heavy atom. The number of aryl methyl sites for hydroxylation is 1. The molecule has 0 aliphatic heterocycles. The van der Waals surface area contributed by atoms with Crippen LogP contribution in [-0.4, -0.2) is 29.8 Å². The van der Waals surface area contributed by atoms with Crippen LogP contribution in [0.25, 0.3) is 0 Å². The Balaban J connectivity index is 1.58. The predicted octanol–water partition coefficient (Wildman–Crippen LogP) is 2.49. The first-order chi connectivity index (χ1) is 10.5. The third kappa shape index (κ3) is 2.98. The van der Waals surface area contributed by atoms with Crippen LogP contribution in [0.1, 0.15) is 43.7 Å². The smallest absolute Gasteiger partial charge is 0.315 e. The molecular formula is C18H26N2O2. The maximum absolute atomic E-state index is 12.2. The van der Waals surface area contributed by atoms with E-state index in [1.54, 1.807) is 0 Å². The molecule has 4 nitrogen and oxygen atoms in total. The van der Waals surface area contributed by atoms with Crippen LogP contribution in [0.5, 0.6) is 0 Å². The molecular weight excluding hydrogens is 276 g/mol. The fraction of sp³-hybridized carbons (Fsp3) is 0.611. The van der Waals surface area contributed by atoms with Gasteiger partial charge in [-0.2, -0.15) is 0 Å². The van der Waals surface area contributed by atoms with Gasteiger partial charge in [-0.05, 0) is 56.6 Å². The largest absolute Gasteiger partial charge is 0.394 e. The number of nitrogens with one attached hydrogen (secondary N) is 2. The molecule has 120 valence electrons. The number of aliphatic hydroxyl groups excluding tert-OH is 1. The zero-order chi connectivity index (χ0) is 15.8. The van der Waals surface area contributed by atoms with Crippen LogP contribution in [0.15, 0.2) is 24.3 Å². The fourth-order valence-corrected chi connectivity index (χ4v) is 3.40. The molecule has 0 spiro atoms. The molecule has 1 aromatic carbocycles. The van der Waals surface area contributed by atoms with Crippen LogP contribution in [0.2, 0.25) is 0 Å². The van der Waals surface area contributed by atoms with Crippen molar-refractivity contribution in [1.29, 1.82) is 0 Å². The second-order valence-corrected chi connectivity index (χ2v) is 7.25.